The van der Waals surface area contributed by atoms with Crippen LogP contribution in [-0.2, 0) is 25.5 Å². The fourth-order valence-corrected chi connectivity index (χ4v) is 6.56. The van der Waals surface area contributed by atoms with Gasteiger partial charge in [-0.15, -0.1) is 0 Å². The van der Waals surface area contributed by atoms with Gasteiger partial charge in [0.15, 0.2) is 0 Å². The summed E-state index contributed by atoms with van der Waals surface area (Å²) in [6, 6.07) is 8.24. The van der Waals surface area contributed by atoms with E-state index in [-0.39, 0.29) is 24.8 Å². The summed E-state index contributed by atoms with van der Waals surface area (Å²) < 4.78 is 11.0. The summed E-state index contributed by atoms with van der Waals surface area (Å²) in [5.74, 6) is -0.424. The number of aromatic nitrogens is 4. The lowest BCUT2D eigenvalue weighted by atomic mass is 10.00. The van der Waals surface area contributed by atoms with E-state index in [9.17, 15) is 9.59 Å². The smallest absolute Gasteiger partial charge is 0.306 e. The zero-order valence-corrected chi connectivity index (χ0v) is 30.5. The highest BCUT2D eigenvalue weighted by Gasteiger charge is 2.22. The van der Waals surface area contributed by atoms with E-state index in [0.29, 0.717) is 26.1 Å². The second kappa shape index (κ2) is 16.2. The van der Waals surface area contributed by atoms with E-state index in [1.807, 2.05) is 18.2 Å². The Balaban J connectivity index is 1.76. The number of nitrogens with zero attached hydrogens (tertiary/aromatic N) is 2. The van der Waals surface area contributed by atoms with E-state index < -0.39 is 0 Å². The van der Waals surface area contributed by atoms with Crippen molar-refractivity contribution in [2.24, 2.45) is 0 Å². The number of allylic oxidation sites excluding steroid dienone is 5. The first-order chi connectivity index (χ1) is 24.1. The zero-order valence-electron chi connectivity index (χ0n) is 30.5. The molecule has 3 aromatic heterocycles. The highest BCUT2D eigenvalue weighted by atomic mass is 16.5. The van der Waals surface area contributed by atoms with Gasteiger partial charge in [-0.05, 0) is 111 Å². The SMILES string of the molecule is C=CC1=C(C)c2cc3nc(cc4[nH]c(cc5[nH]c(cc1n2)c(C)c5C=C)c(C)c4CCC(=O)OCCCC)C(CCC(=O)OCCCC)=C3C. The normalized spacial score (nSPS) is 12.8. The summed E-state index contributed by atoms with van der Waals surface area (Å²) in [6.45, 7) is 21.5. The molecule has 0 fully saturated rings. The number of nitrogens with one attached hydrogen (secondary N) is 2. The minimum Gasteiger partial charge on any atom is -0.466 e. The summed E-state index contributed by atoms with van der Waals surface area (Å²) in [7, 11) is 0. The molecule has 50 heavy (non-hydrogen) atoms. The van der Waals surface area contributed by atoms with E-state index in [4.69, 9.17) is 19.4 Å². The van der Waals surface area contributed by atoms with Gasteiger partial charge in [-0.2, -0.15) is 0 Å². The van der Waals surface area contributed by atoms with Crippen LogP contribution in [-0.4, -0.2) is 45.1 Å². The Kier molecular flexibility index (Phi) is 11.7. The molecular weight excluding hydrogens is 624 g/mol. The van der Waals surface area contributed by atoms with Crippen LogP contribution in [0.25, 0.3) is 50.4 Å². The molecule has 0 saturated carbocycles. The van der Waals surface area contributed by atoms with Crippen molar-refractivity contribution in [1.29, 1.82) is 0 Å². The minimum absolute atomic E-state index is 0.208. The number of hydrogen-bond donors (Lipinski definition) is 2. The molecule has 0 amide bonds. The number of ether oxygens (including phenoxy) is 2. The summed E-state index contributed by atoms with van der Waals surface area (Å²) in [5.41, 5.74) is 14.9. The first kappa shape index (κ1) is 36.3. The van der Waals surface area contributed by atoms with Crippen LogP contribution < -0.4 is 0 Å². The molecule has 5 rings (SSSR count). The molecule has 262 valence electrons. The fourth-order valence-electron chi connectivity index (χ4n) is 6.56. The quantitative estimate of drug-likeness (QED) is 0.130. The Morgan fingerprint density at radius 3 is 1.90 bits per heavy atom. The van der Waals surface area contributed by atoms with Crippen LogP contribution in [0.1, 0.15) is 118 Å². The Morgan fingerprint density at radius 1 is 0.680 bits per heavy atom. The lowest BCUT2D eigenvalue weighted by Crippen LogP contribution is -2.07. The number of carbonyl (C=O) groups is 2. The summed E-state index contributed by atoms with van der Waals surface area (Å²) in [4.78, 5) is 42.9. The van der Waals surface area contributed by atoms with Crippen LogP contribution in [0.2, 0.25) is 0 Å². The maximum atomic E-state index is 12.7. The molecule has 0 spiro atoms. The molecule has 2 N–H and O–H groups in total. The molecule has 3 aromatic rings. The number of rotatable bonds is 14. The van der Waals surface area contributed by atoms with Gasteiger partial charge < -0.3 is 19.4 Å². The number of unbranched alkanes of at least 4 members (excludes halogenated alkanes) is 2. The summed E-state index contributed by atoms with van der Waals surface area (Å²) in [6.07, 6.45) is 8.85. The van der Waals surface area contributed by atoms with E-state index in [2.05, 4.69) is 82.9 Å². The van der Waals surface area contributed by atoms with Crippen LogP contribution in [0.5, 0.6) is 0 Å². The third kappa shape index (κ3) is 7.75. The number of aromatic amines is 2. The van der Waals surface area contributed by atoms with Gasteiger partial charge in [0, 0.05) is 46.0 Å². The van der Waals surface area contributed by atoms with Gasteiger partial charge in [0.1, 0.15) is 0 Å². The maximum Gasteiger partial charge on any atom is 0.306 e. The third-order valence-electron chi connectivity index (χ3n) is 9.72. The lowest BCUT2D eigenvalue weighted by Gasteiger charge is -2.07. The predicted octanol–water partition coefficient (Wildman–Crippen LogP) is 10.0. The molecule has 8 bridgehead atoms. The molecule has 0 radical (unpaired) electrons. The maximum absolute atomic E-state index is 12.7. The summed E-state index contributed by atoms with van der Waals surface area (Å²) in [5, 5.41) is 0. The van der Waals surface area contributed by atoms with Crippen LogP contribution >= 0.6 is 0 Å². The average molecular weight is 675 g/mol. The van der Waals surface area contributed by atoms with E-state index >= 15 is 0 Å². The highest BCUT2D eigenvalue weighted by molar-refractivity contribution is 5.98. The Hall–Kier alpha value is -4.98. The largest absolute Gasteiger partial charge is 0.466 e. The molecule has 0 saturated heterocycles. The molecule has 0 aromatic carbocycles. The third-order valence-corrected chi connectivity index (χ3v) is 9.72. The molecule has 0 unspecified atom stereocenters. The number of esters is 2. The molecule has 0 aliphatic carbocycles. The number of hydrogen-bond acceptors (Lipinski definition) is 6. The molecule has 8 nitrogen and oxygen atoms in total. The van der Waals surface area contributed by atoms with Crippen molar-refractivity contribution in [3.05, 3.63) is 88.5 Å². The number of fused-ring (bicyclic) bond motifs is 8. The van der Waals surface area contributed by atoms with Gasteiger partial charge >= 0.3 is 11.9 Å². The van der Waals surface area contributed by atoms with Crippen molar-refractivity contribution in [3.8, 4) is 0 Å². The van der Waals surface area contributed by atoms with Gasteiger partial charge in [-0.3, -0.25) is 9.59 Å². The van der Waals surface area contributed by atoms with Gasteiger partial charge in [0.25, 0.3) is 0 Å². The zero-order chi connectivity index (χ0) is 35.9. The minimum atomic E-state index is -0.216. The molecular formula is C42H50N4O4. The van der Waals surface area contributed by atoms with Crippen molar-refractivity contribution >= 4 is 62.4 Å². The average Bonchev–Trinajstić information content (AvgIpc) is 3.75. The molecule has 2 aliphatic rings. The van der Waals surface area contributed by atoms with Crippen molar-refractivity contribution in [2.45, 2.75) is 92.9 Å². The number of H-pyrrole nitrogens is 2. The topological polar surface area (TPSA) is 110 Å². The van der Waals surface area contributed by atoms with E-state index in [0.717, 1.165) is 115 Å². The van der Waals surface area contributed by atoms with Gasteiger partial charge in [-0.1, -0.05) is 52.0 Å². The molecule has 5 heterocycles. The monoisotopic (exact) mass is 674 g/mol. The van der Waals surface area contributed by atoms with Crippen LogP contribution in [0.4, 0.5) is 0 Å². The van der Waals surface area contributed by atoms with Gasteiger partial charge in [0.2, 0.25) is 0 Å². The highest BCUT2D eigenvalue weighted by Crippen LogP contribution is 2.37. The van der Waals surface area contributed by atoms with E-state index in [1.54, 1.807) is 0 Å². The van der Waals surface area contributed by atoms with Gasteiger partial charge in [-0.25, -0.2) is 9.97 Å². The second-order valence-corrected chi connectivity index (χ2v) is 13.1. The second-order valence-electron chi connectivity index (χ2n) is 13.1. The Bertz CT molecular complexity index is 2060. The first-order valence-electron chi connectivity index (χ1n) is 17.8. The van der Waals surface area contributed by atoms with Crippen molar-refractivity contribution < 1.29 is 19.1 Å². The Morgan fingerprint density at radius 2 is 1.26 bits per heavy atom. The summed E-state index contributed by atoms with van der Waals surface area (Å²) >= 11 is 0. The molecule has 2 aliphatic heterocycles. The standard InChI is InChI=1S/C42H50N4O4/c1-9-13-19-49-41(47)17-15-31-27(7)34-21-33-25(5)29(11-3)37(43-33)22-35-26(6)30(12-4)38(44-35)23-36-28(8)32(40(46-36)24-39(31)45-34)16-18-42(48)50-20-14-10-2/h11-12,21-24,44,46H,3-4,9-10,13-20H2,1-2,5-8H3. The predicted molar refractivity (Wildman–Crippen MR) is 205 cm³/mol. The number of aryl methyl sites for hydroxylation is 3. The van der Waals surface area contributed by atoms with Crippen molar-refractivity contribution in [3.63, 3.8) is 0 Å². The van der Waals surface area contributed by atoms with Crippen molar-refractivity contribution in [1.82, 2.24) is 19.9 Å². The first-order valence-corrected chi connectivity index (χ1v) is 17.8. The van der Waals surface area contributed by atoms with Gasteiger partial charge in [0.05, 0.1) is 36.0 Å². The van der Waals surface area contributed by atoms with Crippen LogP contribution in [0.15, 0.2) is 43.5 Å². The van der Waals surface area contributed by atoms with Crippen LogP contribution in [0, 0.1) is 13.8 Å². The Labute approximate surface area is 295 Å². The van der Waals surface area contributed by atoms with Crippen LogP contribution in [0.3, 0.4) is 0 Å². The fraction of sp³-hybridized carbons (Fsp3) is 0.381. The van der Waals surface area contributed by atoms with Crippen molar-refractivity contribution in [2.75, 3.05) is 13.2 Å². The lowest BCUT2D eigenvalue weighted by molar-refractivity contribution is -0.144. The van der Waals surface area contributed by atoms with E-state index in [1.165, 1.54) is 0 Å². The molecule has 8 heteroatoms. The number of carbonyl (C=O) groups excluding carboxylic acids is 2. The molecule has 0 atom stereocenters.